The highest BCUT2D eigenvalue weighted by Gasteiger charge is 2.26. The number of likely N-dealkylation sites (tertiary alicyclic amines) is 1. The van der Waals surface area contributed by atoms with Gasteiger partial charge in [-0.25, -0.2) is 13.8 Å². The molecule has 2 saturated heterocycles. The van der Waals surface area contributed by atoms with Crippen LogP contribution in [0, 0.1) is 0 Å². The van der Waals surface area contributed by atoms with E-state index in [9.17, 15) is 4.39 Å². The first-order valence-electron chi connectivity index (χ1n) is 17.9. The van der Waals surface area contributed by atoms with Crippen molar-refractivity contribution in [2.75, 3.05) is 26.3 Å². The molecule has 0 aliphatic carbocycles. The molecule has 5 aromatic heterocycles. The molecule has 0 saturated carbocycles. The standard InChI is InChI=1S/C23H22ClN5.C18H18FN3O/c24-19-3-5-20(6-4-19)29-22-15-26-11-7-21(22)23(27-29)18-8-12-28(13-9-18)16-17-2-1-10-25-14-17;19-11-13-1-3-15(4-2-13)22-17-12-20-8-5-16(17)18(21-22)14-6-9-23-10-7-14/h1-7,10-11,14-15,18H,8-9,12-13,16H2;1-5,8,12,14H,6-7,9-11H2. The number of hydrogen-bond donors (Lipinski definition) is 0. The molecule has 7 aromatic rings. The van der Waals surface area contributed by atoms with Gasteiger partial charge in [-0.15, -0.1) is 0 Å². The van der Waals surface area contributed by atoms with Gasteiger partial charge >= 0.3 is 0 Å². The topological polar surface area (TPSA) is 86.8 Å². The lowest BCUT2D eigenvalue weighted by atomic mass is 9.91. The molecule has 7 heterocycles. The summed E-state index contributed by atoms with van der Waals surface area (Å²) in [4.78, 5) is 15.3. The monoisotopic (exact) mass is 714 g/mol. The van der Waals surface area contributed by atoms with Crippen LogP contribution in [-0.2, 0) is 18.0 Å². The summed E-state index contributed by atoms with van der Waals surface area (Å²) in [6.07, 6.45) is 15.4. The number of benzene rings is 2. The third kappa shape index (κ3) is 7.32. The predicted molar refractivity (Wildman–Crippen MR) is 202 cm³/mol. The number of piperidine rings is 1. The molecule has 52 heavy (non-hydrogen) atoms. The van der Waals surface area contributed by atoms with Gasteiger partial charge in [-0.3, -0.25) is 19.9 Å². The van der Waals surface area contributed by atoms with E-state index < -0.39 is 6.67 Å². The van der Waals surface area contributed by atoms with Gasteiger partial charge in [0, 0.05) is 72.2 Å². The number of alkyl halides is 1. The van der Waals surface area contributed by atoms with E-state index >= 15 is 0 Å². The molecule has 0 radical (unpaired) electrons. The molecule has 9 rings (SSSR count). The summed E-state index contributed by atoms with van der Waals surface area (Å²) in [5.41, 5.74) is 8.21. The Morgan fingerprint density at radius 2 is 1.19 bits per heavy atom. The SMILES string of the molecule is Clc1ccc(-n2nc(C3CCN(Cc4cccnc4)CC3)c3ccncc32)cc1.FCc1ccc(-n2nc(C3CCOCC3)c3ccncc32)cc1. The normalized spacial score (nSPS) is 15.9. The summed E-state index contributed by atoms with van der Waals surface area (Å²) >= 11 is 6.07. The molecule has 0 atom stereocenters. The van der Waals surface area contributed by atoms with Crippen LogP contribution in [0.3, 0.4) is 0 Å². The van der Waals surface area contributed by atoms with Gasteiger partial charge in [-0.1, -0.05) is 29.8 Å². The summed E-state index contributed by atoms with van der Waals surface area (Å²) < 4.78 is 22.1. The van der Waals surface area contributed by atoms with Crippen molar-refractivity contribution in [1.29, 1.82) is 0 Å². The molecule has 11 heteroatoms. The predicted octanol–water partition coefficient (Wildman–Crippen LogP) is 8.63. The molecule has 264 valence electrons. The number of hydrogen-bond acceptors (Lipinski definition) is 7. The van der Waals surface area contributed by atoms with Crippen molar-refractivity contribution in [1.82, 2.24) is 39.4 Å². The Morgan fingerprint density at radius 3 is 1.75 bits per heavy atom. The van der Waals surface area contributed by atoms with Crippen LogP contribution in [-0.4, -0.2) is 65.7 Å². The fourth-order valence-electron chi connectivity index (χ4n) is 7.36. The van der Waals surface area contributed by atoms with Crippen molar-refractivity contribution < 1.29 is 9.13 Å². The number of halogens is 2. The maximum atomic E-state index is 12.7. The number of aromatic nitrogens is 7. The van der Waals surface area contributed by atoms with E-state index in [1.807, 2.05) is 95.1 Å². The Hall–Kier alpha value is -5.03. The fraction of sp³-hybridized carbons (Fsp3) is 0.293. The van der Waals surface area contributed by atoms with Gasteiger partial charge < -0.3 is 4.74 Å². The van der Waals surface area contributed by atoms with Gasteiger partial charge in [0.05, 0.1) is 46.2 Å². The Morgan fingerprint density at radius 1 is 0.635 bits per heavy atom. The molecule has 2 aliphatic rings. The van der Waals surface area contributed by atoms with Gasteiger partial charge in [0.2, 0.25) is 0 Å². The Bertz CT molecular complexity index is 2230. The van der Waals surface area contributed by atoms with E-state index in [1.165, 1.54) is 16.6 Å². The Labute approximate surface area is 307 Å². The van der Waals surface area contributed by atoms with Gasteiger partial charge in [0.15, 0.2) is 0 Å². The second kappa shape index (κ2) is 15.7. The molecule has 9 nitrogen and oxygen atoms in total. The molecule has 0 N–H and O–H groups in total. The first-order chi connectivity index (χ1) is 25.6. The van der Waals surface area contributed by atoms with Crippen molar-refractivity contribution in [2.45, 2.75) is 50.7 Å². The molecule has 0 amide bonds. The maximum absolute atomic E-state index is 12.7. The first-order valence-corrected chi connectivity index (χ1v) is 18.3. The van der Waals surface area contributed by atoms with E-state index in [0.717, 1.165) is 97.0 Å². The highest BCUT2D eigenvalue weighted by Crippen LogP contribution is 2.35. The van der Waals surface area contributed by atoms with Crippen molar-refractivity contribution in [3.8, 4) is 11.4 Å². The van der Waals surface area contributed by atoms with Crippen molar-refractivity contribution >= 4 is 33.4 Å². The van der Waals surface area contributed by atoms with E-state index in [0.29, 0.717) is 17.4 Å². The van der Waals surface area contributed by atoms with Crippen LogP contribution in [0.5, 0.6) is 0 Å². The van der Waals surface area contributed by atoms with Crippen LogP contribution in [0.4, 0.5) is 4.39 Å². The molecular formula is C41H40ClFN8O. The molecule has 0 unspecified atom stereocenters. The first kappa shape index (κ1) is 34.1. The number of fused-ring (bicyclic) bond motifs is 2. The van der Waals surface area contributed by atoms with Crippen molar-refractivity contribution in [3.63, 3.8) is 0 Å². The Kier molecular flexibility index (Phi) is 10.3. The quantitative estimate of drug-likeness (QED) is 0.163. The molecule has 0 spiro atoms. The Balaban J connectivity index is 0.000000153. The largest absolute Gasteiger partial charge is 0.381 e. The third-order valence-corrected chi connectivity index (χ3v) is 10.4. The summed E-state index contributed by atoms with van der Waals surface area (Å²) in [6.45, 7) is 4.23. The van der Waals surface area contributed by atoms with Crippen LogP contribution < -0.4 is 0 Å². The minimum absolute atomic E-state index is 0.417. The number of ether oxygens (including phenoxy) is 1. The van der Waals surface area contributed by atoms with Gasteiger partial charge in [-0.2, -0.15) is 10.2 Å². The zero-order chi connectivity index (χ0) is 35.3. The van der Waals surface area contributed by atoms with E-state index in [2.05, 4.69) is 32.0 Å². The minimum atomic E-state index is -0.449. The summed E-state index contributed by atoms with van der Waals surface area (Å²) in [5.74, 6) is 0.874. The lowest BCUT2D eigenvalue weighted by Crippen LogP contribution is -2.32. The van der Waals surface area contributed by atoms with Crippen LogP contribution >= 0.6 is 11.6 Å². The van der Waals surface area contributed by atoms with Crippen LogP contribution in [0.15, 0.2) is 110 Å². The average molecular weight is 715 g/mol. The molecule has 0 bridgehead atoms. The van der Waals surface area contributed by atoms with E-state index in [4.69, 9.17) is 26.5 Å². The summed E-state index contributed by atoms with van der Waals surface area (Å²) in [5, 5.41) is 13.0. The zero-order valence-electron chi connectivity index (χ0n) is 28.9. The number of nitrogens with zero attached hydrogens (tertiary/aromatic N) is 8. The average Bonchev–Trinajstić information content (AvgIpc) is 3.79. The minimum Gasteiger partial charge on any atom is -0.381 e. The lowest BCUT2D eigenvalue weighted by Gasteiger charge is -2.31. The molecule has 2 aromatic carbocycles. The molecule has 2 fully saturated rings. The lowest BCUT2D eigenvalue weighted by molar-refractivity contribution is 0.0847. The van der Waals surface area contributed by atoms with Crippen molar-refractivity contribution in [2.24, 2.45) is 0 Å². The summed E-state index contributed by atoms with van der Waals surface area (Å²) in [7, 11) is 0. The number of pyridine rings is 3. The van der Waals surface area contributed by atoms with Crippen molar-refractivity contribution in [3.05, 3.63) is 138 Å². The van der Waals surface area contributed by atoms with Gasteiger partial charge in [0.1, 0.15) is 6.67 Å². The third-order valence-electron chi connectivity index (χ3n) is 10.1. The van der Waals surface area contributed by atoms with E-state index in [-0.39, 0.29) is 0 Å². The zero-order valence-corrected chi connectivity index (χ0v) is 29.6. The summed E-state index contributed by atoms with van der Waals surface area (Å²) in [6, 6.07) is 23.5. The highest BCUT2D eigenvalue weighted by molar-refractivity contribution is 6.30. The highest BCUT2D eigenvalue weighted by atomic mass is 35.5. The number of rotatable bonds is 7. The second-order valence-electron chi connectivity index (χ2n) is 13.5. The smallest absolute Gasteiger partial charge is 0.115 e. The molecule has 2 aliphatic heterocycles. The van der Waals surface area contributed by atoms with E-state index in [1.54, 1.807) is 12.1 Å². The molecular weight excluding hydrogens is 675 g/mol. The van der Waals surface area contributed by atoms with Gasteiger partial charge in [-0.05, 0) is 104 Å². The van der Waals surface area contributed by atoms with Crippen LogP contribution in [0.25, 0.3) is 33.2 Å². The van der Waals surface area contributed by atoms with Crippen LogP contribution in [0.2, 0.25) is 5.02 Å². The second-order valence-corrected chi connectivity index (χ2v) is 13.9. The van der Waals surface area contributed by atoms with Crippen LogP contribution in [0.1, 0.15) is 60.0 Å². The fourth-order valence-corrected chi connectivity index (χ4v) is 7.49. The van der Waals surface area contributed by atoms with Gasteiger partial charge in [0.25, 0.3) is 0 Å². The maximum Gasteiger partial charge on any atom is 0.115 e.